The van der Waals surface area contributed by atoms with E-state index in [9.17, 15) is 9.18 Å². The molecule has 1 fully saturated rings. The molecule has 1 aliphatic rings. The summed E-state index contributed by atoms with van der Waals surface area (Å²) in [4.78, 5) is 14.8. The van der Waals surface area contributed by atoms with Crippen molar-refractivity contribution in [2.24, 2.45) is 11.7 Å². The fourth-order valence-corrected chi connectivity index (χ4v) is 3.64. The van der Waals surface area contributed by atoms with Gasteiger partial charge in [0.25, 0.3) is 0 Å². The van der Waals surface area contributed by atoms with E-state index < -0.39 is 0 Å². The summed E-state index contributed by atoms with van der Waals surface area (Å²) in [5, 5.41) is 2.95. The molecule has 3 N–H and O–H groups in total. The van der Waals surface area contributed by atoms with Crippen LogP contribution in [-0.2, 0) is 11.3 Å². The lowest BCUT2D eigenvalue weighted by Gasteiger charge is -2.23. The Kier molecular flexibility index (Phi) is 7.78. The number of rotatable bonds is 6. The Morgan fingerprint density at radius 2 is 1.85 bits per heavy atom. The number of carbonyl (C=O) groups excluding carboxylic acids is 1. The Bertz CT molecular complexity index is 726. The van der Waals surface area contributed by atoms with Gasteiger partial charge >= 0.3 is 0 Å². The molecule has 0 aliphatic carbocycles. The van der Waals surface area contributed by atoms with E-state index in [0.717, 1.165) is 18.7 Å². The van der Waals surface area contributed by atoms with Crippen molar-refractivity contribution >= 4 is 18.3 Å². The monoisotopic (exact) mass is 391 g/mol. The predicted molar refractivity (Wildman–Crippen MR) is 108 cm³/mol. The van der Waals surface area contributed by atoms with E-state index in [1.807, 2.05) is 25.1 Å². The third-order valence-corrected chi connectivity index (χ3v) is 5.31. The number of nitrogens with one attached hydrogen (secondary N) is 1. The van der Waals surface area contributed by atoms with Crippen molar-refractivity contribution < 1.29 is 9.18 Å². The summed E-state index contributed by atoms with van der Waals surface area (Å²) < 4.78 is 13.0. The molecule has 2 aromatic rings. The van der Waals surface area contributed by atoms with Crippen LogP contribution in [0.2, 0.25) is 0 Å². The van der Waals surface area contributed by atoms with Crippen LogP contribution in [0.25, 0.3) is 0 Å². The summed E-state index contributed by atoms with van der Waals surface area (Å²) >= 11 is 0. The molecule has 2 aromatic carbocycles. The minimum Gasteiger partial charge on any atom is -0.351 e. The molecule has 0 aromatic heterocycles. The molecule has 3 atom stereocenters. The number of amides is 1. The molecule has 6 heteroatoms. The van der Waals surface area contributed by atoms with Gasteiger partial charge in [-0.25, -0.2) is 4.39 Å². The Morgan fingerprint density at radius 3 is 2.48 bits per heavy atom. The molecular formula is C21H27ClFN3O. The highest BCUT2D eigenvalue weighted by Crippen LogP contribution is 2.33. The molecule has 146 valence electrons. The van der Waals surface area contributed by atoms with E-state index in [-0.39, 0.29) is 30.2 Å². The molecule has 0 spiro atoms. The van der Waals surface area contributed by atoms with Crippen LogP contribution in [0.15, 0.2) is 54.6 Å². The number of carbonyl (C=O) groups is 1. The van der Waals surface area contributed by atoms with Gasteiger partial charge in [0.05, 0.1) is 6.04 Å². The standard InChI is InChI=1S/C21H26FN3O.ClH/c1-15(21(26)24-12-16-7-9-19(22)10-8-16)25-13-18(11-23)20(14-25)17-5-3-2-4-6-17;/h2-10,15,18,20H,11-14,23H2,1H3,(H,24,26);1H/t15?,18-,20+;/m1./s1. The molecule has 27 heavy (non-hydrogen) atoms. The molecule has 0 bridgehead atoms. The fraction of sp³-hybridized carbons (Fsp3) is 0.381. The first kappa shape index (κ1) is 21.4. The van der Waals surface area contributed by atoms with Gasteiger partial charge in [0.1, 0.15) is 5.82 Å². The SMILES string of the molecule is CC(C(=O)NCc1ccc(F)cc1)N1C[C@@H](CN)[C@H](c2ccccc2)C1.Cl. The molecule has 1 saturated heterocycles. The van der Waals surface area contributed by atoms with Crippen LogP contribution >= 0.6 is 12.4 Å². The highest BCUT2D eigenvalue weighted by atomic mass is 35.5. The Labute approximate surface area is 166 Å². The number of nitrogens with zero attached hydrogens (tertiary/aromatic N) is 1. The first-order chi connectivity index (χ1) is 12.6. The van der Waals surface area contributed by atoms with E-state index >= 15 is 0 Å². The first-order valence-corrected chi connectivity index (χ1v) is 9.09. The van der Waals surface area contributed by atoms with Crippen LogP contribution in [0.5, 0.6) is 0 Å². The van der Waals surface area contributed by atoms with E-state index in [0.29, 0.717) is 24.9 Å². The van der Waals surface area contributed by atoms with Gasteiger partial charge in [-0.1, -0.05) is 42.5 Å². The van der Waals surface area contributed by atoms with Crippen molar-refractivity contribution in [1.29, 1.82) is 0 Å². The quantitative estimate of drug-likeness (QED) is 0.796. The van der Waals surface area contributed by atoms with Gasteiger partial charge in [0.15, 0.2) is 0 Å². The zero-order chi connectivity index (χ0) is 18.5. The van der Waals surface area contributed by atoms with Crippen LogP contribution in [0.3, 0.4) is 0 Å². The number of halogens is 2. The Hall–Kier alpha value is -1.95. The molecule has 1 unspecified atom stereocenters. The van der Waals surface area contributed by atoms with Crippen LogP contribution in [-0.4, -0.2) is 36.5 Å². The fourth-order valence-electron chi connectivity index (χ4n) is 3.64. The molecular weight excluding hydrogens is 365 g/mol. The van der Waals surface area contributed by atoms with Crippen LogP contribution in [0, 0.1) is 11.7 Å². The first-order valence-electron chi connectivity index (χ1n) is 9.09. The van der Waals surface area contributed by atoms with Gasteiger partial charge in [-0.2, -0.15) is 0 Å². The number of likely N-dealkylation sites (tertiary alicyclic amines) is 1. The Balaban J connectivity index is 0.00000261. The maximum atomic E-state index is 13.0. The summed E-state index contributed by atoms with van der Waals surface area (Å²) in [5.74, 6) is 0.419. The lowest BCUT2D eigenvalue weighted by Crippen LogP contribution is -2.44. The van der Waals surface area contributed by atoms with E-state index in [4.69, 9.17) is 5.73 Å². The maximum absolute atomic E-state index is 13.0. The molecule has 3 rings (SSSR count). The lowest BCUT2D eigenvalue weighted by molar-refractivity contribution is -0.125. The normalized spacial score (nSPS) is 20.7. The summed E-state index contributed by atoms with van der Waals surface area (Å²) in [6, 6.07) is 16.3. The number of nitrogens with two attached hydrogens (primary N) is 1. The average Bonchev–Trinajstić information content (AvgIpc) is 3.12. The summed E-state index contributed by atoms with van der Waals surface area (Å²) in [5.41, 5.74) is 8.16. The second-order valence-corrected chi connectivity index (χ2v) is 6.99. The van der Waals surface area contributed by atoms with Crippen molar-refractivity contribution in [2.45, 2.75) is 25.4 Å². The van der Waals surface area contributed by atoms with Crippen LogP contribution in [0.4, 0.5) is 4.39 Å². The highest BCUT2D eigenvalue weighted by Gasteiger charge is 2.36. The molecule has 0 saturated carbocycles. The van der Waals surface area contributed by atoms with E-state index in [2.05, 4.69) is 22.3 Å². The molecule has 4 nitrogen and oxygen atoms in total. The third-order valence-electron chi connectivity index (χ3n) is 5.31. The summed E-state index contributed by atoms with van der Waals surface area (Å²) in [6.45, 7) is 4.60. The van der Waals surface area contributed by atoms with Crippen LogP contribution in [0.1, 0.15) is 24.0 Å². The van der Waals surface area contributed by atoms with Crippen molar-refractivity contribution in [3.8, 4) is 0 Å². The zero-order valence-corrected chi connectivity index (χ0v) is 16.3. The van der Waals surface area contributed by atoms with Gasteiger partial charge in [-0.15, -0.1) is 12.4 Å². The topological polar surface area (TPSA) is 58.4 Å². The minimum absolute atomic E-state index is 0. The predicted octanol–water partition coefficient (Wildman–Crippen LogP) is 2.93. The maximum Gasteiger partial charge on any atom is 0.237 e. The number of hydrogen-bond donors (Lipinski definition) is 2. The average molecular weight is 392 g/mol. The third kappa shape index (κ3) is 5.28. The number of benzene rings is 2. The van der Waals surface area contributed by atoms with Crippen LogP contribution < -0.4 is 11.1 Å². The summed E-state index contributed by atoms with van der Waals surface area (Å²) in [6.07, 6.45) is 0. The second-order valence-electron chi connectivity index (χ2n) is 6.99. The second kappa shape index (κ2) is 9.83. The molecule has 1 heterocycles. The smallest absolute Gasteiger partial charge is 0.237 e. The lowest BCUT2D eigenvalue weighted by atomic mass is 9.89. The van der Waals surface area contributed by atoms with Gasteiger partial charge in [-0.05, 0) is 42.6 Å². The Morgan fingerprint density at radius 1 is 1.19 bits per heavy atom. The van der Waals surface area contributed by atoms with Crippen molar-refractivity contribution in [3.05, 3.63) is 71.5 Å². The van der Waals surface area contributed by atoms with E-state index in [1.54, 1.807) is 12.1 Å². The zero-order valence-electron chi connectivity index (χ0n) is 15.5. The molecule has 1 amide bonds. The summed E-state index contributed by atoms with van der Waals surface area (Å²) in [7, 11) is 0. The van der Waals surface area contributed by atoms with Crippen molar-refractivity contribution in [2.75, 3.05) is 19.6 Å². The van der Waals surface area contributed by atoms with Gasteiger partial charge < -0.3 is 11.1 Å². The van der Waals surface area contributed by atoms with Gasteiger partial charge in [0.2, 0.25) is 5.91 Å². The molecule has 1 aliphatic heterocycles. The highest BCUT2D eigenvalue weighted by molar-refractivity contribution is 5.85. The van der Waals surface area contributed by atoms with Gasteiger partial charge in [0, 0.05) is 25.6 Å². The van der Waals surface area contributed by atoms with Gasteiger partial charge in [-0.3, -0.25) is 9.69 Å². The minimum atomic E-state index is -0.273. The van der Waals surface area contributed by atoms with Crippen molar-refractivity contribution in [3.63, 3.8) is 0 Å². The van der Waals surface area contributed by atoms with Crippen molar-refractivity contribution in [1.82, 2.24) is 10.2 Å². The molecule has 0 radical (unpaired) electrons. The van der Waals surface area contributed by atoms with E-state index in [1.165, 1.54) is 17.7 Å². The number of hydrogen-bond acceptors (Lipinski definition) is 3. The largest absolute Gasteiger partial charge is 0.351 e.